The molecule has 0 N–H and O–H groups in total. The van der Waals surface area contributed by atoms with E-state index in [9.17, 15) is 4.79 Å². The fourth-order valence-corrected chi connectivity index (χ4v) is 3.83. The molecule has 2 aliphatic rings. The number of piperazine rings is 1. The molecule has 1 atom stereocenters. The molecule has 0 unspecified atom stereocenters. The molecule has 3 heterocycles. The monoisotopic (exact) mass is 325 g/mol. The van der Waals surface area contributed by atoms with Gasteiger partial charge in [0.15, 0.2) is 0 Å². The fourth-order valence-electron chi connectivity index (χ4n) is 2.96. The Balaban J connectivity index is 1.70. The number of nitrogens with zero attached hydrogens (tertiary/aromatic N) is 3. The van der Waals surface area contributed by atoms with Gasteiger partial charge in [-0.2, -0.15) is 0 Å². The van der Waals surface area contributed by atoms with Crippen LogP contribution >= 0.6 is 11.3 Å². The molecule has 1 aromatic heterocycles. The zero-order chi connectivity index (χ0) is 15.5. The summed E-state index contributed by atoms with van der Waals surface area (Å²) < 4.78 is 10.9. The maximum absolute atomic E-state index is 12.8. The summed E-state index contributed by atoms with van der Waals surface area (Å²) in [7, 11) is 0. The van der Waals surface area contributed by atoms with E-state index in [-0.39, 0.29) is 11.9 Å². The van der Waals surface area contributed by atoms with Gasteiger partial charge in [0.05, 0.1) is 19.4 Å². The van der Waals surface area contributed by atoms with E-state index in [0.29, 0.717) is 18.1 Å². The summed E-state index contributed by atoms with van der Waals surface area (Å²) in [5, 5.41) is 0.737. The average Bonchev–Trinajstić information content (AvgIpc) is 3.24. The highest BCUT2D eigenvalue weighted by molar-refractivity contribution is 7.13. The molecule has 0 saturated carbocycles. The number of ether oxygens (including phenoxy) is 2. The van der Waals surface area contributed by atoms with Crippen LogP contribution in [0.5, 0.6) is 0 Å². The third-order valence-electron chi connectivity index (χ3n) is 4.30. The molecule has 0 spiro atoms. The van der Waals surface area contributed by atoms with E-state index in [1.165, 1.54) is 11.3 Å². The number of likely N-dealkylation sites (N-methyl/N-ethyl adjacent to an activating group) is 1. The first-order valence-electron chi connectivity index (χ1n) is 7.95. The number of carbonyl (C=O) groups is 1. The van der Waals surface area contributed by atoms with Gasteiger partial charge in [-0.05, 0) is 13.0 Å². The molecule has 2 aliphatic heterocycles. The second-order valence-electron chi connectivity index (χ2n) is 5.59. The maximum Gasteiger partial charge on any atom is 0.265 e. The summed E-state index contributed by atoms with van der Waals surface area (Å²) in [5.74, 6) is 0.0874. The van der Waals surface area contributed by atoms with Gasteiger partial charge >= 0.3 is 0 Å². The lowest BCUT2D eigenvalue weighted by Crippen LogP contribution is -2.54. The van der Waals surface area contributed by atoms with E-state index in [1.807, 2.05) is 4.90 Å². The van der Waals surface area contributed by atoms with Crippen molar-refractivity contribution in [1.29, 1.82) is 0 Å². The number of rotatable bonds is 4. The van der Waals surface area contributed by atoms with Gasteiger partial charge in [0.1, 0.15) is 9.88 Å². The lowest BCUT2D eigenvalue weighted by atomic mass is 10.1. The topological polar surface area (TPSA) is 54.9 Å². The summed E-state index contributed by atoms with van der Waals surface area (Å²) in [6.07, 6.45) is 2.24. The molecule has 122 valence electrons. The highest BCUT2D eigenvalue weighted by Gasteiger charge is 2.31. The van der Waals surface area contributed by atoms with Crippen LogP contribution in [0.4, 0.5) is 0 Å². The van der Waals surface area contributed by atoms with Crippen molar-refractivity contribution < 1.29 is 14.3 Å². The van der Waals surface area contributed by atoms with Crippen molar-refractivity contribution in [2.75, 3.05) is 39.4 Å². The summed E-state index contributed by atoms with van der Waals surface area (Å²) in [6, 6.07) is 0.283. The van der Waals surface area contributed by atoms with Gasteiger partial charge in [-0.15, -0.1) is 11.3 Å². The Morgan fingerprint density at radius 3 is 2.82 bits per heavy atom. The molecular weight excluding hydrogens is 302 g/mol. The van der Waals surface area contributed by atoms with Crippen molar-refractivity contribution in [3.8, 4) is 0 Å². The van der Waals surface area contributed by atoms with Crippen molar-refractivity contribution in [3.05, 3.63) is 16.1 Å². The second kappa shape index (κ2) is 7.04. The first-order valence-corrected chi connectivity index (χ1v) is 8.76. The van der Waals surface area contributed by atoms with Crippen LogP contribution in [0.2, 0.25) is 0 Å². The van der Waals surface area contributed by atoms with Crippen molar-refractivity contribution in [3.63, 3.8) is 0 Å². The Bertz CT molecular complexity index is 516. The van der Waals surface area contributed by atoms with Crippen LogP contribution in [-0.2, 0) is 9.47 Å². The highest BCUT2D eigenvalue weighted by Crippen LogP contribution is 2.28. The Hall–Kier alpha value is -1.02. The Labute approximate surface area is 135 Å². The van der Waals surface area contributed by atoms with Gasteiger partial charge in [0, 0.05) is 25.7 Å². The van der Waals surface area contributed by atoms with Crippen molar-refractivity contribution in [2.24, 2.45) is 0 Å². The number of hydrogen-bond acceptors (Lipinski definition) is 6. The van der Waals surface area contributed by atoms with Crippen LogP contribution in [0.3, 0.4) is 0 Å². The van der Waals surface area contributed by atoms with Crippen molar-refractivity contribution >= 4 is 17.2 Å². The van der Waals surface area contributed by atoms with Crippen molar-refractivity contribution in [1.82, 2.24) is 14.8 Å². The minimum Gasteiger partial charge on any atom is -0.344 e. The summed E-state index contributed by atoms with van der Waals surface area (Å²) >= 11 is 1.39. The normalized spacial score (nSPS) is 24.1. The number of aromatic nitrogens is 1. The third kappa shape index (κ3) is 3.17. The van der Waals surface area contributed by atoms with Gasteiger partial charge < -0.3 is 14.4 Å². The highest BCUT2D eigenvalue weighted by atomic mass is 32.1. The molecular formula is C15H23N3O3S. The zero-order valence-corrected chi connectivity index (χ0v) is 14.0. The minimum absolute atomic E-state index is 0.0874. The molecule has 0 radical (unpaired) electrons. The van der Waals surface area contributed by atoms with Gasteiger partial charge in [0.2, 0.25) is 6.29 Å². The molecule has 0 bridgehead atoms. The maximum atomic E-state index is 12.8. The van der Waals surface area contributed by atoms with Gasteiger partial charge in [-0.25, -0.2) is 4.98 Å². The van der Waals surface area contributed by atoms with Crippen LogP contribution in [0, 0.1) is 0 Å². The van der Waals surface area contributed by atoms with E-state index in [2.05, 4.69) is 23.7 Å². The lowest BCUT2D eigenvalue weighted by molar-refractivity contribution is -0.0442. The molecule has 7 heteroatoms. The minimum atomic E-state index is -0.398. The summed E-state index contributed by atoms with van der Waals surface area (Å²) in [4.78, 5) is 22.2. The molecule has 1 amide bonds. The lowest BCUT2D eigenvalue weighted by Gasteiger charge is -2.40. The SMILES string of the molecule is CC[C@H]1CN(CC)CCN1C(=O)c1cnc(C2OCCO2)s1. The molecule has 2 fully saturated rings. The Kier molecular flexibility index (Phi) is 5.07. The number of thiazole rings is 1. The molecule has 6 nitrogen and oxygen atoms in total. The first kappa shape index (κ1) is 15.9. The molecule has 2 saturated heterocycles. The van der Waals surface area contributed by atoms with Gasteiger partial charge in [-0.1, -0.05) is 13.8 Å². The fraction of sp³-hybridized carbons (Fsp3) is 0.733. The van der Waals surface area contributed by atoms with Gasteiger partial charge in [0.25, 0.3) is 5.91 Å². The van der Waals surface area contributed by atoms with E-state index >= 15 is 0 Å². The standard InChI is InChI=1S/C15H23N3O3S/c1-3-11-10-17(4-2)5-6-18(11)14(19)12-9-16-13(22-12)15-20-7-8-21-15/h9,11,15H,3-8,10H2,1-2H3/t11-/m0/s1. The van der Waals surface area contributed by atoms with Crippen LogP contribution in [-0.4, -0.2) is 66.1 Å². The smallest absolute Gasteiger partial charge is 0.265 e. The molecule has 0 aliphatic carbocycles. The number of hydrogen-bond donors (Lipinski definition) is 0. The largest absolute Gasteiger partial charge is 0.344 e. The van der Waals surface area contributed by atoms with Gasteiger partial charge in [-0.3, -0.25) is 9.69 Å². The average molecular weight is 325 g/mol. The van der Waals surface area contributed by atoms with Crippen LogP contribution in [0.15, 0.2) is 6.20 Å². The first-order chi connectivity index (χ1) is 10.7. The summed E-state index contributed by atoms with van der Waals surface area (Å²) in [5.41, 5.74) is 0. The molecule has 3 rings (SSSR count). The molecule has 1 aromatic rings. The number of carbonyl (C=O) groups excluding carboxylic acids is 1. The quantitative estimate of drug-likeness (QED) is 0.844. The number of amides is 1. The van der Waals surface area contributed by atoms with E-state index < -0.39 is 6.29 Å². The van der Waals surface area contributed by atoms with Crippen molar-refractivity contribution in [2.45, 2.75) is 32.6 Å². The molecule has 22 heavy (non-hydrogen) atoms. The predicted octanol–water partition coefficient (Wildman–Crippen LogP) is 1.74. The zero-order valence-electron chi connectivity index (χ0n) is 13.2. The third-order valence-corrected chi connectivity index (χ3v) is 5.31. The second-order valence-corrected chi connectivity index (χ2v) is 6.65. The summed E-state index contributed by atoms with van der Waals surface area (Å²) in [6.45, 7) is 9.21. The van der Waals surface area contributed by atoms with E-state index in [1.54, 1.807) is 6.20 Å². The molecule has 0 aromatic carbocycles. The van der Waals surface area contributed by atoms with Crippen LogP contribution in [0.25, 0.3) is 0 Å². The van der Waals surface area contributed by atoms with Crippen LogP contribution < -0.4 is 0 Å². The predicted molar refractivity (Wildman–Crippen MR) is 84.0 cm³/mol. The Morgan fingerprint density at radius 2 is 2.14 bits per heavy atom. The Morgan fingerprint density at radius 1 is 1.36 bits per heavy atom. The van der Waals surface area contributed by atoms with E-state index in [0.717, 1.165) is 37.6 Å². The van der Waals surface area contributed by atoms with E-state index in [4.69, 9.17) is 9.47 Å². The van der Waals surface area contributed by atoms with Crippen LogP contribution in [0.1, 0.15) is 41.2 Å².